The molecular formula is C26H36ClN5O5S. The van der Waals surface area contributed by atoms with Gasteiger partial charge in [-0.25, -0.2) is 4.98 Å². The lowest BCUT2D eigenvalue weighted by Gasteiger charge is -2.34. The molecule has 3 aromatic heterocycles. The number of carbonyl (C=O) groups excluding carboxylic acids is 1. The van der Waals surface area contributed by atoms with Crippen LogP contribution in [0.3, 0.4) is 0 Å². The van der Waals surface area contributed by atoms with Gasteiger partial charge in [-0.05, 0) is 38.8 Å². The Morgan fingerprint density at radius 2 is 1.97 bits per heavy atom. The topological polar surface area (TPSA) is 104 Å². The number of amides is 1. The molecule has 1 aliphatic heterocycles. The minimum absolute atomic E-state index is 0.132. The first-order chi connectivity index (χ1) is 18.4. The number of nitrogens with one attached hydrogen (secondary N) is 1. The quantitative estimate of drug-likeness (QED) is 0.292. The van der Waals surface area contributed by atoms with Crippen molar-refractivity contribution in [3.05, 3.63) is 45.9 Å². The van der Waals surface area contributed by atoms with E-state index in [0.717, 1.165) is 30.8 Å². The molecule has 38 heavy (non-hydrogen) atoms. The number of rotatable bonds is 14. The number of aromatic nitrogens is 3. The van der Waals surface area contributed by atoms with E-state index in [9.17, 15) is 4.79 Å². The first-order valence-electron chi connectivity index (χ1n) is 12.9. The minimum atomic E-state index is -0.150. The fraction of sp³-hybridized carbons (Fsp3) is 0.577. The molecule has 0 aliphatic carbocycles. The number of hydrogen-bond acceptors (Lipinski definition) is 9. The Kier molecular flexibility index (Phi) is 10.7. The Bertz CT molecular complexity index is 1150. The lowest BCUT2D eigenvalue weighted by molar-refractivity contribution is 0.0178. The highest BCUT2D eigenvalue weighted by Crippen LogP contribution is 2.31. The van der Waals surface area contributed by atoms with Gasteiger partial charge in [-0.3, -0.25) is 4.79 Å². The summed E-state index contributed by atoms with van der Waals surface area (Å²) in [5, 5.41) is 7.44. The number of imidazole rings is 1. The largest absolute Gasteiger partial charge is 0.382 e. The van der Waals surface area contributed by atoms with Crippen molar-refractivity contribution in [3.8, 4) is 10.6 Å². The Morgan fingerprint density at radius 3 is 2.68 bits per heavy atom. The third-order valence-electron chi connectivity index (χ3n) is 6.50. The third kappa shape index (κ3) is 7.87. The fourth-order valence-corrected chi connectivity index (χ4v) is 5.33. The molecule has 0 aromatic carbocycles. The summed E-state index contributed by atoms with van der Waals surface area (Å²) in [5.74, 6) is 1.11. The molecular weight excluding hydrogens is 530 g/mol. The van der Waals surface area contributed by atoms with Crippen molar-refractivity contribution in [1.29, 1.82) is 0 Å². The van der Waals surface area contributed by atoms with Crippen molar-refractivity contribution in [3.63, 3.8) is 0 Å². The van der Waals surface area contributed by atoms with Gasteiger partial charge in [-0.15, -0.1) is 11.3 Å². The Hall–Kier alpha value is -2.28. The number of ether oxygens (including phenoxy) is 3. The van der Waals surface area contributed by atoms with E-state index < -0.39 is 0 Å². The zero-order valence-electron chi connectivity index (χ0n) is 22.2. The van der Waals surface area contributed by atoms with Gasteiger partial charge in [0.05, 0.1) is 48.4 Å². The molecule has 0 atom stereocenters. The fourth-order valence-electron chi connectivity index (χ4n) is 4.34. The maximum absolute atomic E-state index is 13.3. The van der Waals surface area contributed by atoms with E-state index >= 15 is 0 Å². The lowest BCUT2D eigenvalue weighted by atomic mass is 10.0. The maximum Gasteiger partial charge on any atom is 0.269 e. The Labute approximate surface area is 232 Å². The average Bonchev–Trinajstić information content (AvgIpc) is 3.64. The maximum atomic E-state index is 13.3. The summed E-state index contributed by atoms with van der Waals surface area (Å²) in [5.41, 5.74) is 1.14. The molecule has 0 radical (unpaired) electrons. The number of halogens is 1. The van der Waals surface area contributed by atoms with Gasteiger partial charge in [0.15, 0.2) is 5.76 Å². The predicted octanol–water partition coefficient (Wildman–Crippen LogP) is 4.08. The number of carbonyl (C=O) groups is 1. The zero-order chi connectivity index (χ0) is 26.9. The number of hydrogen-bond donors (Lipinski definition) is 1. The summed E-state index contributed by atoms with van der Waals surface area (Å²) < 4.78 is 24.3. The van der Waals surface area contributed by atoms with Gasteiger partial charge in [0.1, 0.15) is 23.8 Å². The van der Waals surface area contributed by atoms with Crippen LogP contribution in [0.4, 0.5) is 0 Å². The van der Waals surface area contributed by atoms with E-state index in [1.807, 2.05) is 22.8 Å². The first kappa shape index (κ1) is 28.7. The standard InChI is InChI=1S/C26H36ClN5O5S/c1-18(2)31-8-6-19(7-9-31)29-26(33)21-15-28-25(17-36-13-12-35-11-10-34-3)32(21)16-20-14-22(37-30-20)23-4-5-24(27)38-23/h4-5,14-15,18-19H,6-13,16-17H2,1-3H3,(H,29,33). The molecule has 1 saturated heterocycles. The molecule has 0 bridgehead atoms. The van der Waals surface area contributed by atoms with Crippen LogP contribution in [0, 0.1) is 0 Å². The Balaban J connectivity index is 1.43. The van der Waals surface area contributed by atoms with E-state index in [4.69, 9.17) is 30.3 Å². The number of piperidine rings is 1. The number of likely N-dealkylation sites (tertiary alicyclic amines) is 1. The van der Waals surface area contributed by atoms with Crippen LogP contribution in [0.2, 0.25) is 4.34 Å². The number of thiophene rings is 1. The molecule has 1 N–H and O–H groups in total. The van der Waals surface area contributed by atoms with Crippen molar-refractivity contribution < 1.29 is 23.5 Å². The molecule has 4 heterocycles. The van der Waals surface area contributed by atoms with Crippen molar-refractivity contribution in [2.75, 3.05) is 46.6 Å². The summed E-state index contributed by atoms with van der Waals surface area (Å²) in [6.07, 6.45) is 3.45. The third-order valence-corrected chi connectivity index (χ3v) is 7.74. The van der Waals surface area contributed by atoms with Crippen LogP contribution in [0.15, 0.2) is 28.9 Å². The molecule has 0 spiro atoms. The van der Waals surface area contributed by atoms with Gasteiger partial charge in [0.25, 0.3) is 5.91 Å². The van der Waals surface area contributed by atoms with Gasteiger partial charge < -0.3 is 33.5 Å². The van der Waals surface area contributed by atoms with Gasteiger partial charge in [0, 0.05) is 38.3 Å². The smallest absolute Gasteiger partial charge is 0.269 e. The second-order valence-electron chi connectivity index (χ2n) is 9.47. The zero-order valence-corrected chi connectivity index (χ0v) is 23.7. The van der Waals surface area contributed by atoms with Crippen molar-refractivity contribution in [1.82, 2.24) is 24.9 Å². The highest BCUT2D eigenvalue weighted by atomic mass is 35.5. The van der Waals surface area contributed by atoms with Crippen LogP contribution in [0.1, 0.15) is 48.7 Å². The molecule has 0 unspecified atom stereocenters. The van der Waals surface area contributed by atoms with E-state index in [1.165, 1.54) is 11.3 Å². The van der Waals surface area contributed by atoms with E-state index in [2.05, 4.69) is 34.2 Å². The van der Waals surface area contributed by atoms with Crippen LogP contribution < -0.4 is 5.32 Å². The minimum Gasteiger partial charge on any atom is -0.382 e. The highest BCUT2D eigenvalue weighted by molar-refractivity contribution is 7.19. The second-order valence-corrected chi connectivity index (χ2v) is 11.2. The molecule has 10 nitrogen and oxygen atoms in total. The number of methoxy groups -OCH3 is 1. The summed E-state index contributed by atoms with van der Waals surface area (Å²) in [6.45, 7) is 8.81. The molecule has 208 valence electrons. The number of nitrogens with zero attached hydrogens (tertiary/aromatic N) is 4. The van der Waals surface area contributed by atoms with Crippen molar-refractivity contribution >= 4 is 28.8 Å². The van der Waals surface area contributed by atoms with Crippen LogP contribution in [0.25, 0.3) is 10.6 Å². The monoisotopic (exact) mass is 565 g/mol. The van der Waals surface area contributed by atoms with E-state index in [-0.39, 0.29) is 18.6 Å². The summed E-state index contributed by atoms with van der Waals surface area (Å²) >= 11 is 7.50. The first-order valence-corrected chi connectivity index (χ1v) is 14.1. The van der Waals surface area contributed by atoms with Crippen molar-refractivity contribution in [2.24, 2.45) is 0 Å². The van der Waals surface area contributed by atoms with Gasteiger partial charge in [-0.2, -0.15) is 0 Å². The second kappa shape index (κ2) is 14.2. The van der Waals surface area contributed by atoms with E-state index in [0.29, 0.717) is 66.3 Å². The molecule has 12 heteroatoms. The van der Waals surface area contributed by atoms with Gasteiger partial charge in [0.2, 0.25) is 0 Å². The summed E-state index contributed by atoms with van der Waals surface area (Å²) in [7, 11) is 1.63. The Morgan fingerprint density at radius 1 is 1.21 bits per heavy atom. The van der Waals surface area contributed by atoms with Crippen LogP contribution >= 0.6 is 22.9 Å². The van der Waals surface area contributed by atoms with Crippen molar-refractivity contribution in [2.45, 2.75) is 51.9 Å². The summed E-state index contributed by atoms with van der Waals surface area (Å²) in [6, 6.07) is 6.22. The highest BCUT2D eigenvalue weighted by Gasteiger charge is 2.25. The molecule has 3 aromatic rings. The SMILES string of the molecule is COCCOCCOCc1ncc(C(=O)NC2CCN(C(C)C)CC2)n1Cc1cc(-c2ccc(Cl)s2)on1. The molecule has 4 rings (SSSR count). The van der Waals surface area contributed by atoms with Crippen LogP contribution in [-0.4, -0.2) is 84.2 Å². The summed E-state index contributed by atoms with van der Waals surface area (Å²) in [4.78, 5) is 21.2. The molecule has 1 fully saturated rings. The molecule has 0 saturated carbocycles. The molecule has 1 amide bonds. The van der Waals surface area contributed by atoms with Crippen LogP contribution in [0.5, 0.6) is 0 Å². The van der Waals surface area contributed by atoms with Gasteiger partial charge in [-0.1, -0.05) is 16.8 Å². The lowest BCUT2D eigenvalue weighted by Crippen LogP contribution is -2.46. The average molecular weight is 566 g/mol. The van der Waals surface area contributed by atoms with Gasteiger partial charge >= 0.3 is 0 Å². The van der Waals surface area contributed by atoms with E-state index in [1.54, 1.807) is 13.3 Å². The van der Waals surface area contributed by atoms with Crippen LogP contribution in [-0.2, 0) is 27.4 Å². The predicted molar refractivity (Wildman–Crippen MR) is 146 cm³/mol. The molecule has 1 aliphatic rings. The normalized spacial score (nSPS) is 15.0.